The number of fused-ring (bicyclic) bond motifs is 1. The molecule has 0 radical (unpaired) electrons. The number of aromatic nitrogens is 3. The monoisotopic (exact) mass is 299 g/mol. The molecule has 0 aliphatic carbocycles. The summed E-state index contributed by atoms with van der Waals surface area (Å²) in [5.41, 5.74) is 2.43. The molecule has 2 aromatic rings. The normalized spacial score (nSPS) is 13.4. The Morgan fingerprint density at radius 1 is 1.36 bits per heavy atom. The number of anilines is 1. The largest absolute Gasteiger partial charge is 0.352 e. The van der Waals surface area contributed by atoms with Crippen LogP contribution in [0.3, 0.4) is 0 Å². The summed E-state index contributed by atoms with van der Waals surface area (Å²) in [4.78, 5) is 27.3. The minimum absolute atomic E-state index is 0.0258. The van der Waals surface area contributed by atoms with Gasteiger partial charge in [-0.15, -0.1) is 0 Å². The highest BCUT2D eigenvalue weighted by molar-refractivity contribution is 5.97. The van der Waals surface area contributed by atoms with E-state index in [0.717, 1.165) is 24.2 Å². The molecule has 0 atom stereocenters. The summed E-state index contributed by atoms with van der Waals surface area (Å²) in [5, 5.41) is 9.70. The van der Waals surface area contributed by atoms with E-state index in [1.807, 2.05) is 6.07 Å². The van der Waals surface area contributed by atoms with Crippen LogP contribution in [0.5, 0.6) is 0 Å². The SMILES string of the molecule is O=C1CCc2cc(C(=O)NCCCn3cncn3)ccc2N1. The van der Waals surface area contributed by atoms with Crippen LogP contribution in [-0.2, 0) is 17.8 Å². The summed E-state index contributed by atoms with van der Waals surface area (Å²) in [6.45, 7) is 1.29. The molecule has 0 saturated heterocycles. The minimum atomic E-state index is -0.0988. The van der Waals surface area contributed by atoms with Crippen LogP contribution in [0.1, 0.15) is 28.8 Å². The lowest BCUT2D eigenvalue weighted by atomic mass is 10.00. The topological polar surface area (TPSA) is 88.9 Å². The third-order valence-corrected chi connectivity index (χ3v) is 3.58. The molecule has 3 rings (SSSR count). The number of benzene rings is 1. The summed E-state index contributed by atoms with van der Waals surface area (Å²) in [5.74, 6) is -0.0731. The van der Waals surface area contributed by atoms with Crippen LogP contribution in [0.2, 0.25) is 0 Å². The lowest BCUT2D eigenvalue weighted by Crippen LogP contribution is -2.26. The van der Waals surface area contributed by atoms with E-state index >= 15 is 0 Å². The maximum atomic E-state index is 12.1. The Balaban J connectivity index is 1.53. The number of nitrogens with one attached hydrogen (secondary N) is 2. The van der Waals surface area contributed by atoms with Crippen LogP contribution in [0.15, 0.2) is 30.9 Å². The van der Waals surface area contributed by atoms with Crippen molar-refractivity contribution in [3.8, 4) is 0 Å². The summed E-state index contributed by atoms with van der Waals surface area (Å²) in [6, 6.07) is 5.37. The number of aryl methyl sites for hydroxylation is 2. The van der Waals surface area contributed by atoms with Crippen molar-refractivity contribution in [3.05, 3.63) is 42.0 Å². The van der Waals surface area contributed by atoms with Crippen molar-refractivity contribution >= 4 is 17.5 Å². The van der Waals surface area contributed by atoms with E-state index in [9.17, 15) is 9.59 Å². The van der Waals surface area contributed by atoms with Crippen molar-refractivity contribution in [2.24, 2.45) is 0 Å². The number of nitrogens with zero attached hydrogens (tertiary/aromatic N) is 3. The Bertz CT molecular complexity index is 681. The highest BCUT2D eigenvalue weighted by Gasteiger charge is 2.16. The molecular weight excluding hydrogens is 282 g/mol. The van der Waals surface area contributed by atoms with Crippen LogP contribution < -0.4 is 10.6 Å². The number of hydrogen-bond acceptors (Lipinski definition) is 4. The number of carbonyl (C=O) groups excluding carboxylic acids is 2. The highest BCUT2D eigenvalue weighted by Crippen LogP contribution is 2.23. The Morgan fingerprint density at radius 3 is 3.09 bits per heavy atom. The van der Waals surface area contributed by atoms with Gasteiger partial charge in [0.05, 0.1) is 0 Å². The van der Waals surface area contributed by atoms with Crippen LogP contribution in [-0.4, -0.2) is 33.1 Å². The van der Waals surface area contributed by atoms with Crippen molar-refractivity contribution < 1.29 is 9.59 Å². The maximum absolute atomic E-state index is 12.1. The van der Waals surface area contributed by atoms with E-state index in [0.29, 0.717) is 24.9 Å². The molecule has 114 valence electrons. The quantitative estimate of drug-likeness (QED) is 0.806. The van der Waals surface area contributed by atoms with Crippen molar-refractivity contribution in [1.29, 1.82) is 0 Å². The second-order valence-corrected chi connectivity index (χ2v) is 5.19. The van der Waals surface area contributed by atoms with Crippen LogP contribution in [0.4, 0.5) is 5.69 Å². The first-order valence-electron chi connectivity index (χ1n) is 7.26. The lowest BCUT2D eigenvalue weighted by Gasteiger charge is -2.17. The zero-order valence-corrected chi connectivity index (χ0v) is 12.1. The van der Waals surface area contributed by atoms with Crippen molar-refractivity contribution in [2.45, 2.75) is 25.8 Å². The number of rotatable bonds is 5. The molecule has 0 unspecified atom stereocenters. The van der Waals surface area contributed by atoms with Gasteiger partial charge in [-0.05, 0) is 36.6 Å². The van der Waals surface area contributed by atoms with E-state index in [1.165, 1.54) is 6.33 Å². The van der Waals surface area contributed by atoms with E-state index in [2.05, 4.69) is 20.7 Å². The van der Waals surface area contributed by atoms with Gasteiger partial charge >= 0.3 is 0 Å². The van der Waals surface area contributed by atoms with E-state index in [-0.39, 0.29) is 11.8 Å². The van der Waals surface area contributed by atoms with Gasteiger partial charge in [0, 0.05) is 30.8 Å². The average Bonchev–Trinajstić information content (AvgIpc) is 3.04. The third kappa shape index (κ3) is 3.30. The second-order valence-electron chi connectivity index (χ2n) is 5.19. The Kier molecular flexibility index (Phi) is 4.13. The fraction of sp³-hybridized carbons (Fsp3) is 0.333. The molecule has 2 amide bonds. The molecule has 7 heteroatoms. The zero-order valence-electron chi connectivity index (χ0n) is 12.1. The Morgan fingerprint density at radius 2 is 2.27 bits per heavy atom. The van der Waals surface area contributed by atoms with Crippen molar-refractivity contribution in [1.82, 2.24) is 20.1 Å². The number of hydrogen-bond donors (Lipinski definition) is 2. The standard InChI is InChI=1S/C15H17N5O2/c21-14-5-3-11-8-12(2-4-13(11)19-14)15(22)17-6-1-7-20-10-16-9-18-20/h2,4,8-10H,1,3,5-7H2,(H,17,22)(H,19,21). The molecule has 0 spiro atoms. The smallest absolute Gasteiger partial charge is 0.251 e. The minimum Gasteiger partial charge on any atom is -0.352 e. The highest BCUT2D eigenvalue weighted by atomic mass is 16.2. The van der Waals surface area contributed by atoms with Gasteiger partial charge < -0.3 is 10.6 Å². The van der Waals surface area contributed by atoms with E-state index in [1.54, 1.807) is 23.1 Å². The van der Waals surface area contributed by atoms with E-state index in [4.69, 9.17) is 0 Å². The lowest BCUT2D eigenvalue weighted by molar-refractivity contribution is -0.116. The molecule has 22 heavy (non-hydrogen) atoms. The summed E-state index contributed by atoms with van der Waals surface area (Å²) in [6.07, 6.45) is 5.07. The fourth-order valence-electron chi connectivity index (χ4n) is 2.42. The zero-order chi connectivity index (χ0) is 15.4. The summed E-state index contributed by atoms with van der Waals surface area (Å²) >= 11 is 0. The van der Waals surface area contributed by atoms with Gasteiger partial charge in [0.2, 0.25) is 5.91 Å². The van der Waals surface area contributed by atoms with Gasteiger partial charge in [-0.3, -0.25) is 14.3 Å². The molecule has 1 aromatic carbocycles. The number of amides is 2. The molecule has 1 aliphatic rings. The number of carbonyl (C=O) groups is 2. The molecule has 2 N–H and O–H groups in total. The molecule has 0 fully saturated rings. The second kappa shape index (κ2) is 6.38. The van der Waals surface area contributed by atoms with Gasteiger partial charge in [-0.25, -0.2) is 4.98 Å². The molecule has 1 aromatic heterocycles. The molecule has 0 saturated carbocycles. The first-order valence-corrected chi connectivity index (χ1v) is 7.26. The first-order chi connectivity index (χ1) is 10.7. The van der Waals surface area contributed by atoms with Gasteiger partial charge in [-0.1, -0.05) is 0 Å². The Hall–Kier alpha value is -2.70. The average molecular weight is 299 g/mol. The van der Waals surface area contributed by atoms with Crippen molar-refractivity contribution in [3.63, 3.8) is 0 Å². The first kappa shape index (κ1) is 14.2. The predicted molar refractivity (Wildman–Crippen MR) is 80.4 cm³/mol. The van der Waals surface area contributed by atoms with Crippen LogP contribution >= 0.6 is 0 Å². The van der Waals surface area contributed by atoms with Gasteiger partial charge in [0.1, 0.15) is 12.7 Å². The van der Waals surface area contributed by atoms with Gasteiger partial charge in [-0.2, -0.15) is 5.10 Å². The molecule has 0 bridgehead atoms. The van der Waals surface area contributed by atoms with Crippen LogP contribution in [0.25, 0.3) is 0 Å². The van der Waals surface area contributed by atoms with Gasteiger partial charge in [0.25, 0.3) is 5.91 Å². The molecule has 1 aliphatic heterocycles. The van der Waals surface area contributed by atoms with E-state index < -0.39 is 0 Å². The summed E-state index contributed by atoms with van der Waals surface area (Å²) in [7, 11) is 0. The fourth-order valence-corrected chi connectivity index (χ4v) is 2.42. The predicted octanol–water partition coefficient (Wildman–Crippen LogP) is 0.983. The summed E-state index contributed by atoms with van der Waals surface area (Å²) < 4.78 is 1.73. The maximum Gasteiger partial charge on any atom is 0.251 e. The van der Waals surface area contributed by atoms with Crippen LogP contribution in [0, 0.1) is 0 Å². The van der Waals surface area contributed by atoms with Crippen molar-refractivity contribution in [2.75, 3.05) is 11.9 Å². The molecular formula is C15H17N5O2. The molecule has 2 heterocycles. The molecule has 7 nitrogen and oxygen atoms in total. The third-order valence-electron chi connectivity index (χ3n) is 3.58. The van der Waals surface area contributed by atoms with Gasteiger partial charge in [0.15, 0.2) is 0 Å². The Labute approximate surface area is 127 Å².